The summed E-state index contributed by atoms with van der Waals surface area (Å²) < 4.78 is 5.22. The first kappa shape index (κ1) is 17.3. The molecule has 1 aromatic rings. The first-order valence-electron chi connectivity index (χ1n) is 7.72. The molecule has 1 aromatic heterocycles. The minimum absolute atomic E-state index is 0.0811. The lowest BCUT2D eigenvalue weighted by atomic mass is 10.2. The van der Waals surface area contributed by atoms with Gasteiger partial charge in [0.1, 0.15) is 4.88 Å². The fourth-order valence-electron chi connectivity index (χ4n) is 2.61. The molecule has 1 amide bonds. The van der Waals surface area contributed by atoms with E-state index >= 15 is 0 Å². The molecule has 124 valence electrons. The molecule has 7 heteroatoms. The van der Waals surface area contributed by atoms with Crippen LogP contribution in [0.3, 0.4) is 0 Å². The van der Waals surface area contributed by atoms with E-state index in [2.05, 4.69) is 9.88 Å². The van der Waals surface area contributed by atoms with E-state index < -0.39 is 6.10 Å². The second-order valence-corrected chi connectivity index (χ2v) is 6.76. The molecule has 6 nitrogen and oxygen atoms in total. The van der Waals surface area contributed by atoms with Crippen LogP contribution < -0.4 is 0 Å². The summed E-state index contributed by atoms with van der Waals surface area (Å²) in [5.41, 5.74) is 0.821. The van der Waals surface area contributed by atoms with E-state index in [1.165, 1.54) is 11.3 Å². The second-order valence-electron chi connectivity index (χ2n) is 5.55. The Morgan fingerprint density at radius 3 is 2.59 bits per heavy atom. The molecule has 1 aliphatic heterocycles. The van der Waals surface area contributed by atoms with Crippen LogP contribution in [0.5, 0.6) is 0 Å². The standard InChI is InChI=1S/C15H25N3O3S/c1-4-21-10-13(19)9-17-5-7-18(8-6-17)15(20)14-11(2)16-12(3)22-14/h13,19H,4-10H2,1-3H3/t13-/m0/s1. The maximum atomic E-state index is 12.5. The Morgan fingerprint density at radius 1 is 1.36 bits per heavy atom. The summed E-state index contributed by atoms with van der Waals surface area (Å²) in [5, 5.41) is 10.8. The van der Waals surface area contributed by atoms with E-state index in [9.17, 15) is 9.90 Å². The number of hydrogen-bond donors (Lipinski definition) is 1. The molecule has 0 spiro atoms. The molecule has 1 fully saturated rings. The molecule has 0 bridgehead atoms. The van der Waals surface area contributed by atoms with Gasteiger partial charge in [-0.2, -0.15) is 0 Å². The number of β-amino-alcohol motifs (C(OH)–C–C–N with tert-alkyl or cyclic N) is 1. The highest BCUT2D eigenvalue weighted by molar-refractivity contribution is 7.13. The lowest BCUT2D eigenvalue weighted by Crippen LogP contribution is -2.50. The smallest absolute Gasteiger partial charge is 0.265 e. The molecule has 1 saturated heterocycles. The van der Waals surface area contributed by atoms with E-state index in [0.717, 1.165) is 28.7 Å². The minimum atomic E-state index is -0.464. The monoisotopic (exact) mass is 327 g/mol. The number of aryl methyl sites for hydroxylation is 2. The van der Waals surface area contributed by atoms with E-state index in [1.54, 1.807) is 0 Å². The van der Waals surface area contributed by atoms with Gasteiger partial charge in [-0.05, 0) is 20.8 Å². The number of amides is 1. The molecular weight excluding hydrogens is 302 g/mol. The van der Waals surface area contributed by atoms with Crippen LogP contribution >= 0.6 is 11.3 Å². The molecular formula is C15H25N3O3S. The first-order chi connectivity index (χ1) is 10.5. The van der Waals surface area contributed by atoms with E-state index in [0.29, 0.717) is 32.8 Å². The van der Waals surface area contributed by atoms with Gasteiger partial charge in [0.25, 0.3) is 5.91 Å². The number of aromatic nitrogens is 1. The Hall–Kier alpha value is -1.02. The Kier molecular flexibility index (Phi) is 6.31. The number of aliphatic hydroxyl groups is 1. The second kappa shape index (κ2) is 8.01. The summed E-state index contributed by atoms with van der Waals surface area (Å²) in [7, 11) is 0. The van der Waals surface area contributed by atoms with Crippen molar-refractivity contribution < 1.29 is 14.6 Å². The molecule has 0 radical (unpaired) electrons. The Morgan fingerprint density at radius 2 is 2.05 bits per heavy atom. The van der Waals surface area contributed by atoms with Crippen LogP contribution in [-0.2, 0) is 4.74 Å². The zero-order valence-corrected chi connectivity index (χ0v) is 14.4. The number of carbonyl (C=O) groups excluding carboxylic acids is 1. The normalized spacial score (nSPS) is 17.7. The topological polar surface area (TPSA) is 65.9 Å². The number of thiazole rings is 1. The highest BCUT2D eigenvalue weighted by atomic mass is 32.1. The van der Waals surface area contributed by atoms with Crippen LogP contribution in [0.1, 0.15) is 27.3 Å². The van der Waals surface area contributed by atoms with Crippen LogP contribution in [0, 0.1) is 13.8 Å². The van der Waals surface area contributed by atoms with Crippen molar-refractivity contribution in [2.24, 2.45) is 0 Å². The van der Waals surface area contributed by atoms with Crippen molar-refractivity contribution in [1.29, 1.82) is 0 Å². The fourth-order valence-corrected chi connectivity index (χ4v) is 3.50. The van der Waals surface area contributed by atoms with Gasteiger partial charge in [-0.1, -0.05) is 0 Å². The zero-order valence-electron chi connectivity index (χ0n) is 13.5. The van der Waals surface area contributed by atoms with Gasteiger partial charge in [-0.3, -0.25) is 9.69 Å². The largest absolute Gasteiger partial charge is 0.389 e. The van der Waals surface area contributed by atoms with Crippen LogP contribution in [0.15, 0.2) is 0 Å². The number of ether oxygens (including phenoxy) is 1. The number of nitrogens with zero attached hydrogens (tertiary/aromatic N) is 3. The van der Waals surface area contributed by atoms with Crippen molar-refractivity contribution in [2.45, 2.75) is 26.9 Å². The number of rotatable bonds is 6. The summed E-state index contributed by atoms with van der Waals surface area (Å²) in [6.07, 6.45) is -0.464. The molecule has 0 unspecified atom stereocenters. The molecule has 1 N–H and O–H groups in total. The number of aliphatic hydroxyl groups excluding tert-OH is 1. The van der Waals surface area contributed by atoms with E-state index in [1.807, 2.05) is 25.7 Å². The molecule has 1 aliphatic rings. The summed E-state index contributed by atoms with van der Waals surface area (Å²) in [4.78, 5) is 21.6. The van der Waals surface area contributed by atoms with Crippen molar-refractivity contribution in [3.63, 3.8) is 0 Å². The average molecular weight is 327 g/mol. The quantitative estimate of drug-likeness (QED) is 0.841. The highest BCUT2D eigenvalue weighted by Crippen LogP contribution is 2.20. The van der Waals surface area contributed by atoms with Crippen molar-refractivity contribution in [2.75, 3.05) is 45.9 Å². The molecule has 0 aliphatic carbocycles. The van der Waals surface area contributed by atoms with Gasteiger partial charge >= 0.3 is 0 Å². The minimum Gasteiger partial charge on any atom is -0.389 e. The van der Waals surface area contributed by atoms with Crippen LogP contribution in [-0.4, -0.2) is 77.8 Å². The molecule has 22 heavy (non-hydrogen) atoms. The number of hydrogen-bond acceptors (Lipinski definition) is 6. The first-order valence-corrected chi connectivity index (χ1v) is 8.54. The average Bonchev–Trinajstić information content (AvgIpc) is 2.84. The summed E-state index contributed by atoms with van der Waals surface area (Å²) in [5.74, 6) is 0.0811. The summed E-state index contributed by atoms with van der Waals surface area (Å²) >= 11 is 1.46. The number of piperazine rings is 1. The molecule has 0 saturated carbocycles. The number of carbonyl (C=O) groups is 1. The van der Waals surface area contributed by atoms with Gasteiger partial charge in [0.15, 0.2) is 0 Å². The third-order valence-corrected chi connectivity index (χ3v) is 4.80. The maximum absolute atomic E-state index is 12.5. The third kappa shape index (κ3) is 4.49. The van der Waals surface area contributed by atoms with Gasteiger partial charge in [0.2, 0.25) is 0 Å². The van der Waals surface area contributed by atoms with Crippen molar-refractivity contribution >= 4 is 17.2 Å². The van der Waals surface area contributed by atoms with E-state index in [4.69, 9.17) is 4.74 Å². The molecule has 0 aromatic carbocycles. The van der Waals surface area contributed by atoms with Crippen molar-refractivity contribution in [3.8, 4) is 0 Å². The fraction of sp³-hybridized carbons (Fsp3) is 0.733. The van der Waals surface area contributed by atoms with Gasteiger partial charge < -0.3 is 14.7 Å². The van der Waals surface area contributed by atoms with E-state index in [-0.39, 0.29) is 5.91 Å². The van der Waals surface area contributed by atoms with Gasteiger partial charge in [0.05, 0.1) is 23.4 Å². The third-order valence-electron chi connectivity index (χ3n) is 3.74. The molecule has 2 rings (SSSR count). The van der Waals surface area contributed by atoms with Crippen LogP contribution in [0.25, 0.3) is 0 Å². The van der Waals surface area contributed by atoms with Crippen LogP contribution in [0.4, 0.5) is 0 Å². The van der Waals surface area contributed by atoms with Gasteiger partial charge in [-0.15, -0.1) is 11.3 Å². The Bertz CT molecular complexity index is 498. The zero-order chi connectivity index (χ0) is 16.1. The van der Waals surface area contributed by atoms with Gasteiger partial charge in [-0.25, -0.2) is 4.98 Å². The highest BCUT2D eigenvalue weighted by Gasteiger charge is 2.25. The maximum Gasteiger partial charge on any atom is 0.265 e. The SMILES string of the molecule is CCOC[C@@H](O)CN1CCN(C(=O)c2sc(C)nc2C)CC1. The lowest BCUT2D eigenvalue weighted by molar-refractivity contribution is 0.0112. The Labute approximate surface area is 135 Å². The summed E-state index contributed by atoms with van der Waals surface area (Å²) in [6.45, 7) is 10.3. The lowest BCUT2D eigenvalue weighted by Gasteiger charge is -2.35. The molecule has 1 atom stereocenters. The summed E-state index contributed by atoms with van der Waals surface area (Å²) in [6, 6.07) is 0. The van der Waals surface area contributed by atoms with Crippen LogP contribution in [0.2, 0.25) is 0 Å². The van der Waals surface area contributed by atoms with Crippen molar-refractivity contribution in [1.82, 2.24) is 14.8 Å². The predicted octanol–water partition coefficient (Wildman–Crippen LogP) is 0.915. The Balaban J connectivity index is 1.82. The van der Waals surface area contributed by atoms with Gasteiger partial charge in [0, 0.05) is 39.3 Å². The predicted molar refractivity (Wildman–Crippen MR) is 86.4 cm³/mol. The molecule has 2 heterocycles. The van der Waals surface area contributed by atoms with Crippen molar-refractivity contribution in [3.05, 3.63) is 15.6 Å².